The zero-order chi connectivity index (χ0) is 14.9. The van der Waals surface area contributed by atoms with Crippen molar-refractivity contribution in [1.82, 2.24) is 4.90 Å². The van der Waals surface area contributed by atoms with Crippen LogP contribution >= 0.6 is 0 Å². The lowest BCUT2D eigenvalue weighted by molar-refractivity contribution is 0.0384. The van der Waals surface area contributed by atoms with Crippen molar-refractivity contribution >= 4 is 0 Å². The van der Waals surface area contributed by atoms with Crippen LogP contribution in [0.1, 0.15) is 50.8 Å². The van der Waals surface area contributed by atoms with Crippen LogP contribution in [0.25, 0.3) is 0 Å². The van der Waals surface area contributed by atoms with E-state index >= 15 is 0 Å². The largest absolute Gasteiger partial charge is 0.326 e. The van der Waals surface area contributed by atoms with Crippen molar-refractivity contribution in [2.45, 2.75) is 51.2 Å². The molecule has 1 heterocycles. The van der Waals surface area contributed by atoms with Crippen molar-refractivity contribution in [3.05, 3.63) is 35.1 Å². The van der Waals surface area contributed by atoms with Crippen LogP contribution in [0.2, 0.25) is 0 Å². The second kappa shape index (κ2) is 5.51. The fourth-order valence-corrected chi connectivity index (χ4v) is 3.02. The van der Waals surface area contributed by atoms with Gasteiger partial charge in [-0.2, -0.15) is 5.26 Å². The van der Waals surface area contributed by atoms with Crippen LogP contribution in [0.3, 0.4) is 0 Å². The summed E-state index contributed by atoms with van der Waals surface area (Å²) in [6.45, 7) is 7.45. The molecule has 108 valence electrons. The molecule has 0 spiro atoms. The van der Waals surface area contributed by atoms with Gasteiger partial charge >= 0.3 is 0 Å². The predicted octanol–water partition coefficient (Wildman–Crippen LogP) is 2.96. The summed E-state index contributed by atoms with van der Waals surface area (Å²) in [5.41, 5.74) is 7.33. The molecule has 0 bridgehead atoms. The molecule has 0 aliphatic carbocycles. The molecule has 2 rings (SSSR count). The van der Waals surface area contributed by atoms with E-state index in [4.69, 9.17) is 11.0 Å². The van der Waals surface area contributed by atoms with E-state index < -0.39 is 5.82 Å². The van der Waals surface area contributed by atoms with Crippen molar-refractivity contribution in [3.8, 4) is 6.07 Å². The molecule has 1 aliphatic heterocycles. The van der Waals surface area contributed by atoms with E-state index in [9.17, 15) is 4.39 Å². The summed E-state index contributed by atoms with van der Waals surface area (Å²) in [6, 6.07) is 6.73. The Labute approximate surface area is 120 Å². The molecular formula is C16H22FN3. The van der Waals surface area contributed by atoms with Gasteiger partial charge in [-0.05, 0) is 57.9 Å². The molecule has 1 aromatic carbocycles. The molecule has 0 radical (unpaired) electrons. The quantitative estimate of drug-likeness (QED) is 0.857. The summed E-state index contributed by atoms with van der Waals surface area (Å²) >= 11 is 0. The van der Waals surface area contributed by atoms with Crippen molar-refractivity contribution in [2.75, 3.05) is 6.54 Å². The summed E-state index contributed by atoms with van der Waals surface area (Å²) in [7, 11) is 0. The molecule has 1 saturated heterocycles. The van der Waals surface area contributed by atoms with Gasteiger partial charge in [0.25, 0.3) is 0 Å². The summed E-state index contributed by atoms with van der Waals surface area (Å²) in [4.78, 5) is 2.36. The monoisotopic (exact) mass is 275 g/mol. The van der Waals surface area contributed by atoms with Crippen molar-refractivity contribution in [3.63, 3.8) is 0 Å². The lowest BCUT2D eigenvalue weighted by Crippen LogP contribution is -2.53. The molecule has 20 heavy (non-hydrogen) atoms. The van der Waals surface area contributed by atoms with Crippen LogP contribution in [0.4, 0.5) is 4.39 Å². The predicted molar refractivity (Wildman–Crippen MR) is 77.5 cm³/mol. The smallest absolute Gasteiger partial charge is 0.140 e. The Balaban J connectivity index is 2.43. The van der Waals surface area contributed by atoms with Gasteiger partial charge in [0.2, 0.25) is 0 Å². The number of nitriles is 1. The van der Waals surface area contributed by atoms with Gasteiger partial charge in [0.15, 0.2) is 0 Å². The van der Waals surface area contributed by atoms with Gasteiger partial charge in [-0.1, -0.05) is 6.07 Å². The number of hydrogen-bond acceptors (Lipinski definition) is 3. The lowest BCUT2D eigenvalue weighted by Gasteiger charge is -2.47. The molecule has 0 saturated carbocycles. The topological polar surface area (TPSA) is 53.0 Å². The van der Waals surface area contributed by atoms with Crippen LogP contribution < -0.4 is 5.73 Å². The van der Waals surface area contributed by atoms with Gasteiger partial charge in [-0.15, -0.1) is 0 Å². The zero-order valence-corrected chi connectivity index (χ0v) is 12.4. The number of halogens is 1. The highest BCUT2D eigenvalue weighted by atomic mass is 19.1. The first-order valence-electron chi connectivity index (χ1n) is 7.06. The Bertz CT molecular complexity index is 528. The Morgan fingerprint density at radius 2 is 2.10 bits per heavy atom. The van der Waals surface area contributed by atoms with Gasteiger partial charge in [0.05, 0.1) is 11.6 Å². The number of rotatable bonds is 1. The van der Waals surface area contributed by atoms with E-state index in [-0.39, 0.29) is 23.2 Å². The van der Waals surface area contributed by atoms with Crippen LogP contribution in [0, 0.1) is 17.1 Å². The number of benzene rings is 1. The fourth-order valence-electron chi connectivity index (χ4n) is 3.02. The average molecular weight is 275 g/mol. The first kappa shape index (κ1) is 15.0. The van der Waals surface area contributed by atoms with Crippen LogP contribution in [-0.2, 0) is 0 Å². The molecule has 1 aromatic rings. The molecule has 4 heteroatoms. The highest BCUT2D eigenvalue weighted by Crippen LogP contribution is 2.35. The number of hydrogen-bond donors (Lipinski definition) is 1. The van der Waals surface area contributed by atoms with Gasteiger partial charge < -0.3 is 5.73 Å². The highest BCUT2D eigenvalue weighted by Gasteiger charge is 2.36. The maximum atomic E-state index is 13.5. The summed E-state index contributed by atoms with van der Waals surface area (Å²) in [6.07, 6.45) is 2.03. The third kappa shape index (κ3) is 2.84. The molecule has 2 unspecified atom stereocenters. The maximum absolute atomic E-state index is 13.5. The standard InChI is InChI=1S/C16H22FN3/c1-16(2,3)20-8-4-5-14(19)15(20)11-6-7-13(17)12(9-11)10-18/h6-7,9,14-15H,4-5,8,19H2,1-3H3. The van der Waals surface area contributed by atoms with Crippen molar-refractivity contribution < 1.29 is 4.39 Å². The summed E-state index contributed by atoms with van der Waals surface area (Å²) in [5, 5.41) is 9.00. The number of piperidine rings is 1. The Morgan fingerprint density at radius 3 is 2.70 bits per heavy atom. The maximum Gasteiger partial charge on any atom is 0.140 e. The minimum absolute atomic E-state index is 0.0100. The normalized spacial score (nSPS) is 24.4. The molecule has 1 aliphatic rings. The Hall–Kier alpha value is -1.44. The van der Waals surface area contributed by atoms with Gasteiger partial charge in [0, 0.05) is 11.6 Å². The first-order valence-corrected chi connectivity index (χ1v) is 7.06. The van der Waals surface area contributed by atoms with Gasteiger partial charge in [-0.3, -0.25) is 4.90 Å². The third-order valence-electron chi connectivity index (χ3n) is 3.99. The minimum Gasteiger partial charge on any atom is -0.326 e. The molecular weight excluding hydrogens is 253 g/mol. The molecule has 3 nitrogen and oxygen atoms in total. The average Bonchev–Trinajstić information content (AvgIpc) is 2.38. The molecule has 2 N–H and O–H groups in total. The van der Waals surface area contributed by atoms with Crippen LogP contribution in [0.5, 0.6) is 0 Å². The third-order valence-corrected chi connectivity index (χ3v) is 3.99. The van der Waals surface area contributed by atoms with Gasteiger partial charge in [-0.25, -0.2) is 4.39 Å². The van der Waals surface area contributed by atoms with Gasteiger partial charge in [0.1, 0.15) is 11.9 Å². The highest BCUT2D eigenvalue weighted by molar-refractivity contribution is 5.36. The van der Waals surface area contributed by atoms with E-state index in [1.807, 2.05) is 6.07 Å². The SMILES string of the molecule is CC(C)(C)N1CCCC(N)C1c1ccc(F)c(C#N)c1. The molecule has 0 aromatic heterocycles. The Morgan fingerprint density at radius 1 is 1.40 bits per heavy atom. The molecule has 2 atom stereocenters. The van der Waals surface area contributed by atoms with E-state index in [0.717, 1.165) is 24.9 Å². The molecule has 0 amide bonds. The van der Waals surface area contributed by atoms with E-state index in [2.05, 4.69) is 25.7 Å². The van der Waals surface area contributed by atoms with E-state index in [1.54, 1.807) is 12.1 Å². The molecule has 1 fully saturated rings. The van der Waals surface area contributed by atoms with Crippen molar-refractivity contribution in [2.24, 2.45) is 5.73 Å². The van der Waals surface area contributed by atoms with E-state index in [1.165, 1.54) is 6.07 Å². The fraction of sp³-hybridized carbons (Fsp3) is 0.562. The summed E-state index contributed by atoms with van der Waals surface area (Å²) in [5.74, 6) is -0.470. The second-order valence-corrected chi connectivity index (χ2v) is 6.47. The summed E-state index contributed by atoms with van der Waals surface area (Å²) < 4.78 is 13.5. The second-order valence-electron chi connectivity index (χ2n) is 6.47. The van der Waals surface area contributed by atoms with Crippen molar-refractivity contribution in [1.29, 1.82) is 5.26 Å². The zero-order valence-electron chi connectivity index (χ0n) is 12.4. The van der Waals surface area contributed by atoms with E-state index in [0.29, 0.717) is 0 Å². The number of likely N-dealkylation sites (tertiary alicyclic amines) is 1. The van der Waals surface area contributed by atoms with Crippen LogP contribution in [-0.4, -0.2) is 23.0 Å². The van der Waals surface area contributed by atoms with Crippen LogP contribution in [0.15, 0.2) is 18.2 Å². The number of nitrogens with two attached hydrogens (primary N) is 1. The Kier molecular flexibility index (Phi) is 4.12. The first-order chi connectivity index (χ1) is 9.34. The minimum atomic E-state index is -0.470. The number of nitrogens with zero attached hydrogens (tertiary/aromatic N) is 2. The lowest BCUT2D eigenvalue weighted by atomic mass is 9.86.